The molecule has 39 heavy (non-hydrogen) atoms. The van der Waals surface area contributed by atoms with Crippen molar-refractivity contribution >= 4 is 32.4 Å². The fourth-order valence-corrected chi connectivity index (χ4v) is 6.39. The van der Waals surface area contributed by atoms with Crippen LogP contribution in [0.2, 0.25) is 0 Å². The Balaban J connectivity index is 1.17. The lowest BCUT2D eigenvalue weighted by atomic mass is 9.71. The number of rotatable bonds is 7. The lowest BCUT2D eigenvalue weighted by Crippen LogP contribution is -2.46. The van der Waals surface area contributed by atoms with Gasteiger partial charge in [-0.3, -0.25) is 9.62 Å². The molecule has 2 saturated heterocycles. The zero-order valence-corrected chi connectivity index (χ0v) is 22.9. The maximum Gasteiger partial charge on any atom is 0.393 e. The van der Waals surface area contributed by atoms with Gasteiger partial charge in [-0.1, -0.05) is 18.2 Å². The third-order valence-corrected chi connectivity index (χ3v) is 9.44. The molecule has 11 heteroatoms. The molecule has 0 radical (unpaired) electrons. The first-order chi connectivity index (χ1) is 18.5. The van der Waals surface area contributed by atoms with Gasteiger partial charge >= 0.3 is 6.18 Å². The second-order valence-corrected chi connectivity index (χ2v) is 12.8. The Hall–Kier alpha value is -2.92. The molecule has 2 aliphatic rings. The van der Waals surface area contributed by atoms with Crippen LogP contribution in [-0.2, 0) is 23.0 Å². The monoisotopic (exact) mass is 561 g/mol. The molecule has 2 fully saturated rings. The number of halogens is 3. The van der Waals surface area contributed by atoms with Crippen LogP contribution in [0.1, 0.15) is 43.7 Å². The van der Waals surface area contributed by atoms with Crippen molar-refractivity contribution in [3.63, 3.8) is 0 Å². The van der Waals surface area contributed by atoms with Gasteiger partial charge in [0, 0.05) is 30.7 Å². The van der Waals surface area contributed by atoms with Gasteiger partial charge in [-0.2, -0.15) is 13.2 Å². The van der Waals surface area contributed by atoms with Crippen LogP contribution >= 0.6 is 0 Å². The van der Waals surface area contributed by atoms with E-state index in [0.29, 0.717) is 16.6 Å². The van der Waals surface area contributed by atoms with Crippen LogP contribution in [-0.4, -0.2) is 61.4 Å². The smallest absolute Gasteiger partial charge is 0.356 e. The van der Waals surface area contributed by atoms with E-state index in [9.17, 15) is 21.6 Å². The molecule has 1 N–H and O–H groups in total. The van der Waals surface area contributed by atoms with Crippen LogP contribution in [0, 0.1) is 5.41 Å². The van der Waals surface area contributed by atoms with Crippen molar-refractivity contribution in [2.45, 2.75) is 51.7 Å². The average Bonchev–Trinajstić information content (AvgIpc) is 2.90. The van der Waals surface area contributed by atoms with Crippen LogP contribution < -0.4 is 9.62 Å². The maximum atomic E-state index is 13.0. The maximum absolute atomic E-state index is 13.0. The molecule has 0 saturated carbocycles. The fourth-order valence-electron chi connectivity index (χ4n) is 5.75. The zero-order chi connectivity index (χ0) is 27.7. The summed E-state index contributed by atoms with van der Waals surface area (Å²) in [7, 11) is -3.28. The van der Waals surface area contributed by atoms with Gasteiger partial charge in [0.1, 0.15) is 12.1 Å². The quantitative estimate of drug-likeness (QED) is 0.418. The molecule has 3 aromatic rings. The van der Waals surface area contributed by atoms with Crippen molar-refractivity contribution in [1.82, 2.24) is 14.9 Å². The van der Waals surface area contributed by atoms with Crippen LogP contribution in [0.3, 0.4) is 0 Å². The molecule has 2 aliphatic heterocycles. The summed E-state index contributed by atoms with van der Waals surface area (Å²) in [6.45, 7) is 6.09. The van der Waals surface area contributed by atoms with Crippen LogP contribution in [0.15, 0.2) is 48.8 Å². The number of likely N-dealkylation sites (tertiary alicyclic amines) is 1. The number of benzene rings is 2. The van der Waals surface area contributed by atoms with E-state index in [1.165, 1.54) is 12.4 Å². The third-order valence-electron chi connectivity index (χ3n) is 8.14. The molecule has 2 aromatic carbocycles. The lowest BCUT2D eigenvalue weighted by molar-refractivity contribution is -0.127. The normalized spacial score (nSPS) is 18.5. The molecule has 0 atom stereocenters. The van der Waals surface area contributed by atoms with Gasteiger partial charge in [-0.05, 0) is 86.5 Å². The predicted octanol–water partition coefficient (Wildman–Crippen LogP) is 5.38. The van der Waals surface area contributed by atoms with Crippen molar-refractivity contribution < 1.29 is 21.6 Å². The standard InChI is InChI=1S/C28H34F3N5O2S/c1-2-39(37,38)34-23-6-3-21(4-7-23)19-35-13-9-27(10-14-35)11-15-36(16-12-27)26-24-17-22(18-28(29,30)31)5-8-25(24)32-20-33-26/h3-8,17,20,34H,2,9-16,18-19H2,1H3. The van der Waals surface area contributed by atoms with Crippen LogP contribution in [0.4, 0.5) is 24.7 Å². The average molecular weight is 562 g/mol. The first kappa shape index (κ1) is 27.6. The number of hydrogen-bond acceptors (Lipinski definition) is 6. The van der Waals surface area contributed by atoms with E-state index in [0.717, 1.165) is 69.8 Å². The van der Waals surface area contributed by atoms with Gasteiger partial charge in [0.25, 0.3) is 0 Å². The minimum atomic E-state index is -4.26. The van der Waals surface area contributed by atoms with E-state index in [4.69, 9.17) is 0 Å². The lowest BCUT2D eigenvalue weighted by Gasteiger charge is -2.47. The van der Waals surface area contributed by atoms with Crippen molar-refractivity contribution in [1.29, 1.82) is 0 Å². The summed E-state index contributed by atoms with van der Waals surface area (Å²) in [5.74, 6) is 0.765. The number of nitrogens with one attached hydrogen (secondary N) is 1. The summed E-state index contributed by atoms with van der Waals surface area (Å²) in [5, 5.41) is 0.679. The molecule has 1 spiro atoms. The van der Waals surface area contributed by atoms with Crippen molar-refractivity contribution in [2.75, 3.05) is 41.6 Å². The zero-order valence-electron chi connectivity index (χ0n) is 22.0. The molecule has 1 aromatic heterocycles. The van der Waals surface area contributed by atoms with E-state index in [1.807, 2.05) is 24.3 Å². The molecule has 5 rings (SSSR count). The van der Waals surface area contributed by atoms with Gasteiger partial charge in [0.2, 0.25) is 10.0 Å². The highest BCUT2D eigenvalue weighted by atomic mass is 32.2. The second kappa shape index (κ2) is 10.9. The molecular weight excluding hydrogens is 527 g/mol. The van der Waals surface area contributed by atoms with E-state index >= 15 is 0 Å². The Kier molecular flexibility index (Phi) is 7.74. The largest absolute Gasteiger partial charge is 0.393 e. The van der Waals surface area contributed by atoms with Crippen molar-refractivity contribution in [2.24, 2.45) is 5.41 Å². The molecule has 3 heterocycles. The summed E-state index contributed by atoms with van der Waals surface area (Å²) in [6.07, 6.45) is 0.551. The van der Waals surface area contributed by atoms with Gasteiger partial charge in [0.05, 0.1) is 17.7 Å². The SMILES string of the molecule is CCS(=O)(=O)Nc1ccc(CN2CCC3(CC2)CCN(c2ncnc4ccc(CC(F)(F)F)cc24)CC3)cc1. The topological polar surface area (TPSA) is 78.4 Å². The Morgan fingerprint density at radius 1 is 0.923 bits per heavy atom. The summed E-state index contributed by atoms with van der Waals surface area (Å²) < 4.78 is 65.0. The minimum absolute atomic E-state index is 0.0423. The van der Waals surface area contributed by atoms with Gasteiger partial charge in [-0.25, -0.2) is 18.4 Å². The molecule has 0 bridgehead atoms. The molecular formula is C28H34F3N5O2S. The van der Waals surface area contributed by atoms with E-state index in [1.54, 1.807) is 19.1 Å². The number of anilines is 2. The minimum Gasteiger partial charge on any atom is -0.356 e. The Morgan fingerprint density at radius 2 is 1.56 bits per heavy atom. The number of sulfonamides is 1. The van der Waals surface area contributed by atoms with Crippen molar-refractivity contribution in [3.05, 3.63) is 59.9 Å². The summed E-state index contributed by atoms with van der Waals surface area (Å²) in [4.78, 5) is 13.4. The first-order valence-electron chi connectivity index (χ1n) is 13.4. The second-order valence-electron chi connectivity index (χ2n) is 10.8. The third kappa shape index (κ3) is 6.81. The van der Waals surface area contributed by atoms with E-state index in [2.05, 4.69) is 24.5 Å². The number of aromatic nitrogens is 2. The van der Waals surface area contributed by atoms with Crippen LogP contribution in [0.25, 0.3) is 10.9 Å². The molecule has 210 valence electrons. The first-order valence-corrected chi connectivity index (χ1v) is 15.1. The van der Waals surface area contributed by atoms with E-state index in [-0.39, 0.29) is 16.7 Å². The summed E-state index contributed by atoms with van der Waals surface area (Å²) in [6, 6.07) is 12.3. The number of hydrogen-bond donors (Lipinski definition) is 1. The Labute approximate surface area is 227 Å². The number of piperidine rings is 2. The van der Waals surface area contributed by atoms with Gasteiger partial charge < -0.3 is 4.90 Å². The predicted molar refractivity (Wildman–Crippen MR) is 147 cm³/mol. The van der Waals surface area contributed by atoms with Gasteiger partial charge in [-0.15, -0.1) is 0 Å². The molecule has 7 nitrogen and oxygen atoms in total. The van der Waals surface area contributed by atoms with Crippen LogP contribution in [0.5, 0.6) is 0 Å². The Bertz CT molecular complexity index is 1390. The highest BCUT2D eigenvalue weighted by Gasteiger charge is 2.38. The summed E-state index contributed by atoms with van der Waals surface area (Å²) in [5.41, 5.74) is 2.90. The highest BCUT2D eigenvalue weighted by Crippen LogP contribution is 2.43. The fraction of sp³-hybridized carbons (Fsp3) is 0.500. The van der Waals surface area contributed by atoms with E-state index < -0.39 is 22.6 Å². The summed E-state index contributed by atoms with van der Waals surface area (Å²) >= 11 is 0. The molecule has 0 aliphatic carbocycles. The molecule has 0 unspecified atom stereocenters. The highest BCUT2D eigenvalue weighted by molar-refractivity contribution is 7.92. The Morgan fingerprint density at radius 3 is 2.21 bits per heavy atom. The number of alkyl halides is 3. The van der Waals surface area contributed by atoms with Crippen molar-refractivity contribution in [3.8, 4) is 0 Å². The number of nitrogens with zero attached hydrogens (tertiary/aromatic N) is 4. The van der Waals surface area contributed by atoms with Gasteiger partial charge in [0.15, 0.2) is 0 Å². The molecule has 0 amide bonds. The number of fused-ring (bicyclic) bond motifs is 1.